The van der Waals surface area contributed by atoms with Gasteiger partial charge in [0.2, 0.25) is 0 Å². The largest absolute Gasteiger partial charge is 0.508 e. The van der Waals surface area contributed by atoms with E-state index in [1.165, 1.54) is 23.0 Å². The van der Waals surface area contributed by atoms with Gasteiger partial charge in [-0.1, -0.05) is 5.16 Å². The molecule has 124 valence electrons. The molecular formula is C16H16FN5O2. The van der Waals surface area contributed by atoms with Crippen LogP contribution in [0.2, 0.25) is 0 Å². The number of aromatic nitrogens is 4. The van der Waals surface area contributed by atoms with Gasteiger partial charge >= 0.3 is 0 Å². The topological polar surface area (TPSA) is 88.5 Å². The zero-order valence-electron chi connectivity index (χ0n) is 13.4. The molecule has 0 fully saturated rings. The number of imidazole rings is 1. The summed E-state index contributed by atoms with van der Waals surface area (Å²) in [5.41, 5.74) is 2.08. The molecule has 0 aliphatic heterocycles. The predicted molar refractivity (Wildman–Crippen MR) is 85.9 cm³/mol. The van der Waals surface area contributed by atoms with Gasteiger partial charge in [-0.2, -0.15) is 5.10 Å². The summed E-state index contributed by atoms with van der Waals surface area (Å²) in [6.07, 6.45) is 2.94. The van der Waals surface area contributed by atoms with Crippen LogP contribution in [0.15, 0.2) is 29.6 Å². The van der Waals surface area contributed by atoms with Gasteiger partial charge in [-0.15, -0.1) is 0 Å². The molecule has 0 radical (unpaired) electrons. The Labute approximate surface area is 137 Å². The fraction of sp³-hybridized carbons (Fsp3) is 0.188. The molecule has 0 saturated carbocycles. The summed E-state index contributed by atoms with van der Waals surface area (Å²) in [6.45, 7) is 5.41. The Morgan fingerprint density at radius 2 is 2.00 bits per heavy atom. The van der Waals surface area contributed by atoms with E-state index in [1.54, 1.807) is 17.7 Å². The van der Waals surface area contributed by atoms with Crippen LogP contribution in [-0.4, -0.2) is 35.9 Å². The molecule has 0 aliphatic carbocycles. The number of hydrogen-bond acceptors (Lipinski definition) is 5. The van der Waals surface area contributed by atoms with Crippen molar-refractivity contribution < 1.29 is 14.7 Å². The number of nitrogens with zero attached hydrogens (tertiary/aromatic N) is 5. The van der Waals surface area contributed by atoms with Crippen LogP contribution in [0.4, 0.5) is 4.39 Å². The maximum Gasteiger partial charge on any atom is 0.152 e. The third kappa shape index (κ3) is 2.41. The number of benzene rings is 1. The Hall–Kier alpha value is -3.16. The van der Waals surface area contributed by atoms with E-state index in [-0.39, 0.29) is 11.4 Å². The molecule has 8 heteroatoms. The van der Waals surface area contributed by atoms with Gasteiger partial charge in [0, 0.05) is 18.0 Å². The molecule has 0 saturated heterocycles. The van der Waals surface area contributed by atoms with Crippen LogP contribution in [-0.2, 0) is 0 Å². The normalized spacial score (nSPS) is 11.5. The predicted octanol–water partition coefficient (Wildman–Crippen LogP) is 2.64. The molecule has 1 aromatic carbocycles. The number of phenols is 1. The van der Waals surface area contributed by atoms with E-state index < -0.39 is 5.82 Å². The smallest absolute Gasteiger partial charge is 0.152 e. The van der Waals surface area contributed by atoms with Crippen molar-refractivity contribution in [2.24, 2.45) is 5.16 Å². The Balaban J connectivity index is 2.37. The highest BCUT2D eigenvalue weighted by Gasteiger charge is 2.22. The maximum absolute atomic E-state index is 14.4. The molecule has 2 N–H and O–H groups in total. The summed E-state index contributed by atoms with van der Waals surface area (Å²) >= 11 is 0. The van der Waals surface area contributed by atoms with Crippen LogP contribution >= 0.6 is 0 Å². The fourth-order valence-corrected chi connectivity index (χ4v) is 2.66. The number of hydrogen-bond donors (Lipinski definition) is 2. The highest BCUT2D eigenvalue weighted by Crippen LogP contribution is 2.27. The molecule has 0 bridgehead atoms. The Morgan fingerprint density at radius 1 is 1.25 bits per heavy atom. The quantitative estimate of drug-likeness (QED) is 0.439. The van der Waals surface area contributed by atoms with Gasteiger partial charge in [0.05, 0.1) is 17.5 Å². The third-order valence-corrected chi connectivity index (χ3v) is 3.75. The van der Waals surface area contributed by atoms with Crippen LogP contribution < -0.4 is 0 Å². The summed E-state index contributed by atoms with van der Waals surface area (Å²) in [6, 6.07) is 3.83. The number of phenolic OH excluding ortho intramolecular Hbond substituents is 1. The minimum absolute atomic E-state index is 0.163. The van der Waals surface area contributed by atoms with Gasteiger partial charge in [0.25, 0.3) is 0 Å². The third-order valence-electron chi connectivity index (χ3n) is 3.75. The molecule has 24 heavy (non-hydrogen) atoms. The highest BCUT2D eigenvalue weighted by molar-refractivity contribution is 5.85. The molecule has 7 nitrogen and oxygen atoms in total. The lowest BCUT2D eigenvalue weighted by Crippen LogP contribution is -2.11. The molecule has 3 aromatic rings. The Kier molecular flexibility index (Phi) is 3.80. The Morgan fingerprint density at radius 3 is 2.58 bits per heavy atom. The van der Waals surface area contributed by atoms with Crippen molar-refractivity contribution in [3.05, 3.63) is 53.0 Å². The molecule has 0 unspecified atom stereocenters. The van der Waals surface area contributed by atoms with Crippen LogP contribution in [0.25, 0.3) is 11.5 Å². The van der Waals surface area contributed by atoms with Crippen molar-refractivity contribution in [3.8, 4) is 17.3 Å². The molecule has 0 amide bonds. The number of rotatable bonds is 3. The number of aryl methyl sites for hydroxylation is 3. The first-order valence-electron chi connectivity index (χ1n) is 7.21. The molecule has 2 aromatic heterocycles. The first-order chi connectivity index (χ1) is 11.4. The van der Waals surface area contributed by atoms with E-state index in [9.17, 15) is 9.50 Å². The van der Waals surface area contributed by atoms with Gasteiger partial charge in [-0.25, -0.2) is 14.1 Å². The SMILES string of the molecule is Cc1nn(-c2ccc(O)cc2F)c(-n2c(C)cnc2C)c1/C=N/O. The zero-order chi connectivity index (χ0) is 17.4. The van der Waals surface area contributed by atoms with Gasteiger partial charge in [-0.3, -0.25) is 4.57 Å². The molecule has 0 aliphatic rings. The second-order valence-electron chi connectivity index (χ2n) is 5.40. The Bertz CT molecular complexity index is 923. The van der Waals surface area contributed by atoms with E-state index in [0.29, 0.717) is 22.9 Å². The average molecular weight is 329 g/mol. The van der Waals surface area contributed by atoms with Gasteiger partial charge in [0.15, 0.2) is 11.6 Å². The summed E-state index contributed by atoms with van der Waals surface area (Å²) in [7, 11) is 0. The van der Waals surface area contributed by atoms with E-state index in [2.05, 4.69) is 15.2 Å². The van der Waals surface area contributed by atoms with Crippen molar-refractivity contribution in [2.45, 2.75) is 20.8 Å². The summed E-state index contributed by atoms with van der Waals surface area (Å²) in [4.78, 5) is 4.26. The van der Waals surface area contributed by atoms with E-state index in [4.69, 9.17) is 5.21 Å². The summed E-state index contributed by atoms with van der Waals surface area (Å²) < 4.78 is 17.6. The van der Waals surface area contributed by atoms with Crippen molar-refractivity contribution in [1.82, 2.24) is 19.3 Å². The lowest BCUT2D eigenvalue weighted by atomic mass is 10.2. The van der Waals surface area contributed by atoms with Crippen molar-refractivity contribution >= 4 is 6.21 Å². The average Bonchev–Trinajstić information content (AvgIpc) is 3.00. The van der Waals surface area contributed by atoms with E-state index >= 15 is 0 Å². The minimum atomic E-state index is -0.623. The second kappa shape index (κ2) is 5.80. The lowest BCUT2D eigenvalue weighted by Gasteiger charge is -2.13. The standard InChI is InChI=1S/C16H16FN5O2/c1-9-7-18-11(3)21(9)16-13(8-19-24)10(2)20-22(16)15-5-4-12(23)6-14(15)17/h4-8,23-24H,1-3H3/b19-8+. The summed E-state index contributed by atoms with van der Waals surface area (Å²) in [5, 5.41) is 25.9. The van der Waals surface area contributed by atoms with E-state index in [1.807, 2.05) is 13.8 Å². The van der Waals surface area contributed by atoms with Gasteiger partial charge in [0.1, 0.15) is 17.3 Å². The molecule has 0 atom stereocenters. The monoisotopic (exact) mass is 329 g/mol. The first-order valence-corrected chi connectivity index (χ1v) is 7.21. The first kappa shape index (κ1) is 15.7. The fourth-order valence-electron chi connectivity index (χ4n) is 2.66. The molecular weight excluding hydrogens is 313 g/mol. The molecule has 0 spiro atoms. The molecule has 2 heterocycles. The second-order valence-corrected chi connectivity index (χ2v) is 5.40. The van der Waals surface area contributed by atoms with E-state index in [0.717, 1.165) is 11.8 Å². The van der Waals surface area contributed by atoms with Crippen LogP contribution in [0, 0.1) is 26.6 Å². The number of halogens is 1. The molecule has 3 rings (SSSR count). The van der Waals surface area contributed by atoms with Crippen molar-refractivity contribution in [1.29, 1.82) is 0 Å². The van der Waals surface area contributed by atoms with Crippen LogP contribution in [0.3, 0.4) is 0 Å². The number of oxime groups is 1. The van der Waals surface area contributed by atoms with Crippen LogP contribution in [0.1, 0.15) is 22.8 Å². The van der Waals surface area contributed by atoms with Gasteiger partial charge in [-0.05, 0) is 32.9 Å². The summed E-state index contributed by atoms with van der Waals surface area (Å²) in [5.74, 6) is 0.387. The van der Waals surface area contributed by atoms with Crippen LogP contribution in [0.5, 0.6) is 5.75 Å². The minimum Gasteiger partial charge on any atom is -0.508 e. The highest BCUT2D eigenvalue weighted by atomic mass is 19.1. The van der Waals surface area contributed by atoms with Crippen molar-refractivity contribution in [3.63, 3.8) is 0 Å². The maximum atomic E-state index is 14.4. The zero-order valence-corrected chi connectivity index (χ0v) is 13.4. The number of aromatic hydroxyl groups is 1. The van der Waals surface area contributed by atoms with Gasteiger partial charge < -0.3 is 10.3 Å². The van der Waals surface area contributed by atoms with Crippen molar-refractivity contribution in [2.75, 3.05) is 0 Å². The lowest BCUT2D eigenvalue weighted by molar-refractivity contribution is 0.322.